The Kier molecular flexibility index (Phi) is 4.58. The Morgan fingerprint density at radius 1 is 1.44 bits per heavy atom. The van der Waals surface area contributed by atoms with E-state index in [4.69, 9.17) is 11.5 Å². The minimum Gasteiger partial charge on any atom is -0.396 e. The molecule has 8 heteroatoms. The molecule has 102 valence electrons. The number of thiophene rings is 1. The number of nitrogens with one attached hydrogen (secondary N) is 1. The van der Waals surface area contributed by atoms with Crippen molar-refractivity contribution < 1.29 is 13.2 Å². The maximum atomic E-state index is 11.7. The van der Waals surface area contributed by atoms with Crippen LogP contribution in [-0.2, 0) is 9.84 Å². The van der Waals surface area contributed by atoms with Crippen molar-refractivity contribution in [2.75, 3.05) is 23.9 Å². The monoisotopic (exact) mass is 291 g/mol. The highest BCUT2D eigenvalue weighted by Gasteiger charge is 2.25. The fraction of sp³-hybridized carbons (Fsp3) is 0.500. The Morgan fingerprint density at radius 3 is 2.50 bits per heavy atom. The Bertz CT molecular complexity index is 549. The molecule has 0 radical (unpaired) electrons. The van der Waals surface area contributed by atoms with Crippen LogP contribution in [-0.4, -0.2) is 27.1 Å². The van der Waals surface area contributed by atoms with E-state index >= 15 is 0 Å². The van der Waals surface area contributed by atoms with Gasteiger partial charge in [0.2, 0.25) is 0 Å². The molecule has 1 aromatic rings. The van der Waals surface area contributed by atoms with Crippen LogP contribution in [0, 0.1) is 0 Å². The molecule has 0 fully saturated rings. The maximum absolute atomic E-state index is 11.7. The molecule has 0 aromatic carbocycles. The lowest BCUT2D eigenvalue weighted by molar-refractivity contribution is 0.100. The van der Waals surface area contributed by atoms with Gasteiger partial charge in [0, 0.05) is 12.8 Å². The van der Waals surface area contributed by atoms with E-state index in [1.54, 1.807) is 0 Å². The van der Waals surface area contributed by atoms with Gasteiger partial charge in [-0.15, -0.1) is 11.3 Å². The summed E-state index contributed by atoms with van der Waals surface area (Å²) in [6.45, 7) is 2.65. The zero-order chi connectivity index (χ0) is 13.9. The molecule has 6 nitrogen and oxygen atoms in total. The van der Waals surface area contributed by atoms with E-state index in [2.05, 4.69) is 5.32 Å². The lowest BCUT2D eigenvalue weighted by atomic mass is 10.3. The van der Waals surface area contributed by atoms with E-state index in [9.17, 15) is 13.2 Å². The highest BCUT2D eigenvalue weighted by molar-refractivity contribution is 7.91. The first-order chi connectivity index (χ1) is 8.29. The second-order valence-corrected chi connectivity index (χ2v) is 6.89. The summed E-state index contributed by atoms with van der Waals surface area (Å²) in [6.07, 6.45) is 2.93. The van der Waals surface area contributed by atoms with Crippen LogP contribution < -0.4 is 16.8 Å². The summed E-state index contributed by atoms with van der Waals surface area (Å²) in [5.74, 6) is -0.717. The van der Waals surface area contributed by atoms with Crippen molar-refractivity contribution in [2.24, 2.45) is 5.73 Å². The molecule has 1 aromatic heterocycles. The van der Waals surface area contributed by atoms with E-state index in [1.807, 2.05) is 6.92 Å². The molecule has 0 unspecified atom stereocenters. The quantitative estimate of drug-likeness (QED) is 0.677. The second kappa shape index (κ2) is 5.57. The molecule has 0 aliphatic heterocycles. The largest absolute Gasteiger partial charge is 0.396 e. The van der Waals surface area contributed by atoms with Crippen LogP contribution in [0.1, 0.15) is 29.4 Å². The summed E-state index contributed by atoms with van der Waals surface area (Å²) in [6, 6.07) is 0. The normalized spacial score (nSPS) is 11.4. The minimum absolute atomic E-state index is 0.0302. The average Bonchev–Trinajstić information content (AvgIpc) is 2.55. The molecule has 0 aliphatic carbocycles. The van der Waals surface area contributed by atoms with E-state index < -0.39 is 15.7 Å². The number of rotatable bonds is 6. The van der Waals surface area contributed by atoms with Crippen LogP contribution in [0.3, 0.4) is 0 Å². The van der Waals surface area contributed by atoms with Gasteiger partial charge < -0.3 is 16.8 Å². The number of anilines is 2. The lowest BCUT2D eigenvalue weighted by Crippen LogP contribution is -2.12. The fourth-order valence-corrected chi connectivity index (χ4v) is 3.92. The third-order valence-electron chi connectivity index (χ3n) is 2.31. The summed E-state index contributed by atoms with van der Waals surface area (Å²) in [4.78, 5) is 11.2. The number of nitrogen functional groups attached to an aromatic ring is 1. The van der Waals surface area contributed by atoms with Crippen molar-refractivity contribution in [3.05, 3.63) is 4.88 Å². The van der Waals surface area contributed by atoms with Crippen LogP contribution in [0.4, 0.5) is 10.7 Å². The first kappa shape index (κ1) is 14.8. The smallest absolute Gasteiger partial charge is 0.261 e. The van der Waals surface area contributed by atoms with Crippen molar-refractivity contribution in [1.29, 1.82) is 0 Å². The van der Waals surface area contributed by atoms with Crippen LogP contribution in [0.15, 0.2) is 4.90 Å². The standard InChI is InChI=1S/C10H17N3O3S2/c1-3-4-5-13-10-8(18(2,15)16)6(11)7(17-10)9(12)14/h13H,3-5,11H2,1-2H3,(H2,12,14). The zero-order valence-electron chi connectivity index (χ0n) is 10.3. The van der Waals surface area contributed by atoms with E-state index in [0.29, 0.717) is 11.5 Å². The molecule has 5 N–H and O–H groups in total. The van der Waals surface area contributed by atoms with Gasteiger partial charge in [-0.3, -0.25) is 4.79 Å². The molecule has 0 saturated carbocycles. The molecule has 0 spiro atoms. The molecule has 0 saturated heterocycles. The van der Waals surface area contributed by atoms with Gasteiger partial charge in [0.05, 0.1) is 5.69 Å². The number of sulfone groups is 1. The topological polar surface area (TPSA) is 115 Å². The molecular weight excluding hydrogens is 274 g/mol. The van der Waals surface area contributed by atoms with Gasteiger partial charge in [0.1, 0.15) is 14.8 Å². The molecule has 18 heavy (non-hydrogen) atoms. The van der Waals surface area contributed by atoms with E-state index in [0.717, 1.165) is 30.4 Å². The van der Waals surface area contributed by atoms with Crippen LogP contribution in [0.5, 0.6) is 0 Å². The highest BCUT2D eigenvalue weighted by Crippen LogP contribution is 2.38. The predicted molar refractivity (Wildman–Crippen MR) is 73.8 cm³/mol. The maximum Gasteiger partial charge on any atom is 0.261 e. The second-order valence-electron chi connectivity index (χ2n) is 3.92. The lowest BCUT2D eigenvalue weighted by Gasteiger charge is -2.05. The molecular formula is C10H17N3O3S2. The van der Waals surface area contributed by atoms with Gasteiger partial charge in [0.15, 0.2) is 9.84 Å². The van der Waals surface area contributed by atoms with Crippen molar-refractivity contribution in [2.45, 2.75) is 24.7 Å². The summed E-state index contributed by atoms with van der Waals surface area (Å²) in [7, 11) is -3.50. The van der Waals surface area contributed by atoms with Gasteiger partial charge >= 0.3 is 0 Å². The molecule has 0 aliphatic rings. The summed E-state index contributed by atoms with van der Waals surface area (Å²) < 4.78 is 23.4. The van der Waals surface area contributed by atoms with Gasteiger partial charge in [-0.2, -0.15) is 0 Å². The predicted octanol–water partition coefficient (Wildman–Crippen LogP) is 1.04. The summed E-state index contributed by atoms with van der Waals surface area (Å²) in [5, 5.41) is 3.37. The number of amides is 1. The van der Waals surface area contributed by atoms with Gasteiger partial charge in [-0.25, -0.2) is 8.42 Å². The average molecular weight is 291 g/mol. The number of primary amides is 1. The first-order valence-corrected chi connectivity index (χ1v) is 8.15. The summed E-state index contributed by atoms with van der Waals surface area (Å²) in [5.41, 5.74) is 10.8. The Hall–Kier alpha value is -1.28. The number of carbonyl (C=O) groups excluding carboxylic acids is 1. The van der Waals surface area contributed by atoms with Crippen molar-refractivity contribution >= 4 is 37.8 Å². The summed E-state index contributed by atoms with van der Waals surface area (Å²) >= 11 is 0.982. The molecule has 1 heterocycles. The van der Waals surface area contributed by atoms with Crippen LogP contribution in [0.2, 0.25) is 0 Å². The molecule has 1 amide bonds. The van der Waals surface area contributed by atoms with E-state index in [-0.39, 0.29) is 15.5 Å². The van der Waals surface area contributed by atoms with Crippen molar-refractivity contribution in [1.82, 2.24) is 0 Å². The van der Waals surface area contributed by atoms with Crippen molar-refractivity contribution in [3.8, 4) is 0 Å². The number of carbonyl (C=O) groups is 1. The number of nitrogens with two attached hydrogens (primary N) is 2. The molecule has 0 bridgehead atoms. The van der Waals surface area contributed by atoms with Gasteiger partial charge in [-0.1, -0.05) is 13.3 Å². The first-order valence-electron chi connectivity index (χ1n) is 5.45. The highest BCUT2D eigenvalue weighted by atomic mass is 32.2. The van der Waals surface area contributed by atoms with Crippen molar-refractivity contribution in [3.63, 3.8) is 0 Å². The third kappa shape index (κ3) is 3.14. The van der Waals surface area contributed by atoms with Gasteiger partial charge in [-0.05, 0) is 6.42 Å². The third-order valence-corrected chi connectivity index (χ3v) is 4.78. The minimum atomic E-state index is -3.50. The van der Waals surface area contributed by atoms with Gasteiger partial charge in [0.25, 0.3) is 5.91 Å². The Balaban J connectivity index is 3.23. The Morgan fingerprint density at radius 2 is 2.06 bits per heavy atom. The van der Waals surface area contributed by atoms with E-state index in [1.165, 1.54) is 0 Å². The zero-order valence-corrected chi connectivity index (χ0v) is 12.0. The Labute approximate surface area is 110 Å². The SMILES string of the molecule is CCCCNc1sc(C(N)=O)c(N)c1S(C)(=O)=O. The number of hydrogen-bond donors (Lipinski definition) is 3. The molecule has 1 rings (SSSR count). The fourth-order valence-electron chi connectivity index (χ4n) is 1.48. The number of hydrogen-bond acceptors (Lipinski definition) is 6. The molecule has 0 atom stereocenters. The number of unbranched alkanes of at least 4 members (excludes halogenated alkanes) is 1. The van der Waals surface area contributed by atoms with Crippen LogP contribution in [0.25, 0.3) is 0 Å². The van der Waals surface area contributed by atoms with Crippen LogP contribution >= 0.6 is 11.3 Å².